The fraction of sp³-hybridized carbons (Fsp3) is 0.320. The lowest BCUT2D eigenvalue weighted by molar-refractivity contribution is -0.117. The van der Waals surface area contributed by atoms with E-state index in [1.165, 1.54) is 6.42 Å². The van der Waals surface area contributed by atoms with Crippen LogP contribution >= 0.6 is 0 Å². The summed E-state index contributed by atoms with van der Waals surface area (Å²) in [7, 11) is 0. The molecule has 6 rings (SSSR count). The number of aromatic nitrogens is 4. The highest BCUT2D eigenvalue weighted by Crippen LogP contribution is 2.30. The Morgan fingerprint density at radius 3 is 2.52 bits per heavy atom. The minimum Gasteiger partial charge on any atom is -0.341 e. The van der Waals surface area contributed by atoms with Crippen molar-refractivity contribution in [3.05, 3.63) is 54.5 Å². The summed E-state index contributed by atoms with van der Waals surface area (Å²) >= 11 is 0. The molecule has 0 spiro atoms. The van der Waals surface area contributed by atoms with Crippen LogP contribution in [0.4, 0.5) is 5.82 Å². The highest BCUT2D eigenvalue weighted by atomic mass is 16.2. The Morgan fingerprint density at radius 1 is 0.939 bits per heavy atom. The molecule has 4 aromatic rings. The van der Waals surface area contributed by atoms with Gasteiger partial charge in [-0.2, -0.15) is 5.10 Å². The number of benzene rings is 2. The minimum atomic E-state index is -0.139. The summed E-state index contributed by atoms with van der Waals surface area (Å²) in [5.41, 5.74) is 5.22. The molecule has 4 heterocycles. The van der Waals surface area contributed by atoms with E-state index in [4.69, 9.17) is 0 Å². The molecular weight excluding hydrogens is 414 g/mol. The van der Waals surface area contributed by atoms with E-state index in [1.807, 2.05) is 12.3 Å². The Labute approximate surface area is 191 Å². The first-order valence-corrected chi connectivity index (χ1v) is 11.7. The Balaban J connectivity index is 1.23. The average molecular weight is 442 g/mol. The molecule has 2 aliphatic heterocycles. The number of imidazole rings is 1. The van der Waals surface area contributed by atoms with Crippen molar-refractivity contribution >= 4 is 22.6 Å². The summed E-state index contributed by atoms with van der Waals surface area (Å²) in [5, 5.41) is 17.9. The fourth-order valence-electron chi connectivity index (χ4n) is 4.82. The maximum atomic E-state index is 12.5. The van der Waals surface area contributed by atoms with Gasteiger partial charge in [0.05, 0.1) is 29.5 Å². The van der Waals surface area contributed by atoms with Crippen molar-refractivity contribution in [3.8, 4) is 22.4 Å². The first kappa shape index (κ1) is 20.1. The van der Waals surface area contributed by atoms with Crippen molar-refractivity contribution < 1.29 is 4.79 Å². The molecule has 2 fully saturated rings. The largest absolute Gasteiger partial charge is 0.341 e. The number of nitrogens with one attached hydrogen (secondary N) is 5. The second kappa shape index (κ2) is 8.46. The number of hydrogen-bond acceptors (Lipinski definition) is 5. The lowest BCUT2D eigenvalue weighted by Gasteiger charge is -2.09. The number of fused-ring (bicyclic) bond motifs is 1. The summed E-state index contributed by atoms with van der Waals surface area (Å²) in [5.74, 6) is 1.56. The van der Waals surface area contributed by atoms with Gasteiger partial charge in [0, 0.05) is 5.39 Å². The molecule has 0 aliphatic carbocycles. The summed E-state index contributed by atoms with van der Waals surface area (Å²) in [6.45, 7) is 1.94. The summed E-state index contributed by atoms with van der Waals surface area (Å²) < 4.78 is 0. The van der Waals surface area contributed by atoms with E-state index in [1.54, 1.807) is 0 Å². The predicted molar refractivity (Wildman–Crippen MR) is 129 cm³/mol. The Hall–Kier alpha value is -3.49. The van der Waals surface area contributed by atoms with Gasteiger partial charge in [0.2, 0.25) is 5.91 Å². The van der Waals surface area contributed by atoms with Gasteiger partial charge in [-0.15, -0.1) is 0 Å². The lowest BCUT2D eigenvalue weighted by atomic mass is 10.0. The molecule has 0 unspecified atom stereocenters. The van der Waals surface area contributed by atoms with E-state index in [0.717, 1.165) is 71.5 Å². The number of rotatable bonds is 5. The van der Waals surface area contributed by atoms with E-state index < -0.39 is 0 Å². The van der Waals surface area contributed by atoms with Crippen LogP contribution in [-0.4, -0.2) is 45.2 Å². The van der Waals surface area contributed by atoms with E-state index in [-0.39, 0.29) is 11.9 Å². The SMILES string of the molecule is O=C(Nc1n[nH]c2ccc(-c3ccc(-c4cnc([C@@H]5CCCN5)[nH]4)cc3)cc12)[C@@H]1CCCN1. The topological polar surface area (TPSA) is 111 Å². The molecule has 8 nitrogen and oxygen atoms in total. The molecule has 0 saturated carbocycles. The molecule has 1 amide bonds. The molecule has 2 aromatic heterocycles. The third-order valence-corrected chi connectivity index (χ3v) is 6.70. The van der Waals surface area contributed by atoms with E-state index in [0.29, 0.717) is 11.9 Å². The normalized spacial score (nSPS) is 20.5. The van der Waals surface area contributed by atoms with Crippen LogP contribution in [0.25, 0.3) is 33.3 Å². The van der Waals surface area contributed by atoms with Crippen molar-refractivity contribution in [2.75, 3.05) is 18.4 Å². The van der Waals surface area contributed by atoms with Crippen LogP contribution in [0.5, 0.6) is 0 Å². The zero-order chi connectivity index (χ0) is 22.2. The number of nitrogens with zero attached hydrogens (tertiary/aromatic N) is 2. The quantitative estimate of drug-likeness (QED) is 0.324. The summed E-state index contributed by atoms with van der Waals surface area (Å²) in [6, 6.07) is 14.8. The van der Waals surface area contributed by atoms with E-state index in [9.17, 15) is 4.79 Å². The van der Waals surface area contributed by atoms with Crippen LogP contribution in [-0.2, 0) is 4.79 Å². The molecule has 33 heavy (non-hydrogen) atoms. The number of hydrogen-bond donors (Lipinski definition) is 5. The maximum Gasteiger partial charge on any atom is 0.242 e. The van der Waals surface area contributed by atoms with Crippen molar-refractivity contribution in [1.82, 2.24) is 30.8 Å². The van der Waals surface area contributed by atoms with E-state index >= 15 is 0 Å². The Morgan fingerprint density at radius 2 is 1.73 bits per heavy atom. The Bertz CT molecular complexity index is 1280. The molecule has 168 valence electrons. The summed E-state index contributed by atoms with van der Waals surface area (Å²) in [4.78, 5) is 20.6. The molecule has 0 bridgehead atoms. The van der Waals surface area contributed by atoms with Gasteiger partial charge >= 0.3 is 0 Å². The van der Waals surface area contributed by atoms with Gasteiger partial charge in [-0.3, -0.25) is 9.89 Å². The molecular formula is C25H27N7O. The number of carbonyl (C=O) groups is 1. The first-order valence-electron chi connectivity index (χ1n) is 11.7. The highest BCUT2D eigenvalue weighted by Gasteiger charge is 2.23. The van der Waals surface area contributed by atoms with Crippen molar-refractivity contribution in [2.45, 2.75) is 37.8 Å². The van der Waals surface area contributed by atoms with Crippen LogP contribution in [0.15, 0.2) is 48.7 Å². The molecule has 2 aromatic carbocycles. The molecule has 2 saturated heterocycles. The number of aromatic amines is 2. The van der Waals surface area contributed by atoms with Crippen LogP contribution in [0.3, 0.4) is 0 Å². The van der Waals surface area contributed by atoms with E-state index in [2.05, 4.69) is 72.5 Å². The third-order valence-electron chi connectivity index (χ3n) is 6.70. The first-order chi connectivity index (χ1) is 16.2. The van der Waals surface area contributed by atoms with Gasteiger partial charge < -0.3 is 20.9 Å². The van der Waals surface area contributed by atoms with Gasteiger partial charge in [-0.1, -0.05) is 30.3 Å². The molecule has 0 radical (unpaired) electrons. The lowest BCUT2D eigenvalue weighted by Crippen LogP contribution is -2.35. The van der Waals surface area contributed by atoms with Gasteiger partial charge in [0.15, 0.2) is 5.82 Å². The van der Waals surface area contributed by atoms with Crippen molar-refractivity contribution in [2.24, 2.45) is 0 Å². The fourth-order valence-corrected chi connectivity index (χ4v) is 4.82. The van der Waals surface area contributed by atoms with Crippen LogP contribution in [0, 0.1) is 0 Å². The van der Waals surface area contributed by atoms with Gasteiger partial charge in [0.1, 0.15) is 5.82 Å². The number of anilines is 1. The zero-order valence-electron chi connectivity index (χ0n) is 18.3. The second-order valence-corrected chi connectivity index (χ2v) is 8.88. The smallest absolute Gasteiger partial charge is 0.242 e. The molecule has 2 atom stereocenters. The molecule has 8 heteroatoms. The van der Waals surface area contributed by atoms with Gasteiger partial charge in [-0.25, -0.2) is 4.98 Å². The second-order valence-electron chi connectivity index (χ2n) is 8.88. The summed E-state index contributed by atoms with van der Waals surface area (Å²) in [6.07, 6.45) is 6.12. The van der Waals surface area contributed by atoms with Crippen LogP contribution in [0.2, 0.25) is 0 Å². The van der Waals surface area contributed by atoms with Crippen LogP contribution < -0.4 is 16.0 Å². The minimum absolute atomic E-state index is 0.0256. The maximum absolute atomic E-state index is 12.5. The highest BCUT2D eigenvalue weighted by molar-refractivity contribution is 6.02. The Kier molecular flexibility index (Phi) is 5.16. The molecule has 2 aliphatic rings. The van der Waals surface area contributed by atoms with Gasteiger partial charge in [0.25, 0.3) is 0 Å². The third kappa shape index (κ3) is 3.92. The predicted octanol–water partition coefficient (Wildman–Crippen LogP) is 3.74. The average Bonchev–Trinajstić information content (AvgIpc) is 3.66. The number of amides is 1. The van der Waals surface area contributed by atoms with Gasteiger partial charge in [-0.05, 0) is 67.6 Å². The molecule has 5 N–H and O–H groups in total. The number of H-pyrrole nitrogens is 2. The van der Waals surface area contributed by atoms with Crippen molar-refractivity contribution in [3.63, 3.8) is 0 Å². The van der Waals surface area contributed by atoms with Crippen molar-refractivity contribution in [1.29, 1.82) is 0 Å². The standard InChI is InChI=1S/C25H27N7O/c33-25(21-4-2-12-27-21)30-23-18-13-17(9-10-19(18)31-32-23)15-5-7-16(8-6-15)22-14-28-24(29-22)20-3-1-11-26-20/h5-10,13-14,20-21,26-27H,1-4,11-12H2,(H,28,29)(H2,30,31,32,33)/t20-,21-/m0/s1. The number of carbonyl (C=O) groups excluding carboxylic acids is 1. The van der Waals surface area contributed by atoms with Crippen LogP contribution in [0.1, 0.15) is 37.5 Å². The zero-order valence-corrected chi connectivity index (χ0v) is 18.3. The monoisotopic (exact) mass is 441 g/mol.